The molecule has 7 heteroatoms. The third-order valence-electron chi connectivity index (χ3n) is 6.57. The molecular formula is C28H45N7. The van der Waals surface area contributed by atoms with Crippen LogP contribution in [-0.2, 0) is 19.6 Å². The van der Waals surface area contributed by atoms with E-state index in [1.54, 1.807) is 0 Å². The topological polar surface area (TPSA) is 67.1 Å². The van der Waals surface area contributed by atoms with Crippen molar-refractivity contribution in [1.29, 1.82) is 0 Å². The van der Waals surface area contributed by atoms with Gasteiger partial charge >= 0.3 is 0 Å². The third kappa shape index (κ3) is 9.24. The van der Waals surface area contributed by atoms with Gasteiger partial charge in [0.1, 0.15) is 11.6 Å². The van der Waals surface area contributed by atoms with E-state index in [-0.39, 0.29) is 6.04 Å². The molecule has 3 aromatic rings. The summed E-state index contributed by atoms with van der Waals surface area (Å²) >= 11 is 0. The fraction of sp³-hybridized carbons (Fsp3) is 0.571. The second kappa shape index (κ2) is 14.8. The van der Waals surface area contributed by atoms with E-state index in [4.69, 9.17) is 0 Å². The minimum Gasteiger partial charge on any atom is -0.348 e. The van der Waals surface area contributed by atoms with Crippen molar-refractivity contribution in [1.82, 2.24) is 34.6 Å². The average molecular weight is 480 g/mol. The standard InChI is InChI=1S/C28H45N7/c1-5-17-34(18-6-2)22-26-11-9-25(10-12-26)21-33(4)19-7-8-20-35(23-27-29-13-14-30-27)24(3)28-31-15-16-32-28/h9-16,24H,5-8,17-23H2,1-4H3,(H,29,30)(H,31,32). The van der Waals surface area contributed by atoms with E-state index in [9.17, 15) is 0 Å². The van der Waals surface area contributed by atoms with Crippen LogP contribution in [0.5, 0.6) is 0 Å². The zero-order chi connectivity index (χ0) is 24.9. The molecule has 0 radical (unpaired) electrons. The van der Waals surface area contributed by atoms with Crippen molar-refractivity contribution in [2.24, 2.45) is 0 Å². The van der Waals surface area contributed by atoms with Crippen molar-refractivity contribution in [3.8, 4) is 0 Å². The lowest BCUT2D eigenvalue weighted by molar-refractivity contribution is 0.182. The normalized spacial score (nSPS) is 12.8. The summed E-state index contributed by atoms with van der Waals surface area (Å²) in [5, 5.41) is 0. The highest BCUT2D eigenvalue weighted by molar-refractivity contribution is 5.22. The summed E-state index contributed by atoms with van der Waals surface area (Å²) in [5.74, 6) is 2.00. The van der Waals surface area contributed by atoms with E-state index in [1.807, 2.05) is 24.8 Å². The molecule has 0 amide bonds. The molecule has 7 nitrogen and oxygen atoms in total. The summed E-state index contributed by atoms with van der Waals surface area (Å²) in [5.41, 5.74) is 2.81. The van der Waals surface area contributed by atoms with Crippen LogP contribution in [-0.4, -0.2) is 67.9 Å². The molecule has 1 unspecified atom stereocenters. The van der Waals surface area contributed by atoms with Gasteiger partial charge in [-0.1, -0.05) is 38.1 Å². The molecule has 35 heavy (non-hydrogen) atoms. The van der Waals surface area contributed by atoms with E-state index < -0.39 is 0 Å². The van der Waals surface area contributed by atoms with Gasteiger partial charge in [-0.05, 0) is 77.0 Å². The number of nitrogens with zero attached hydrogens (tertiary/aromatic N) is 5. The van der Waals surface area contributed by atoms with Crippen molar-refractivity contribution < 1.29 is 0 Å². The van der Waals surface area contributed by atoms with Crippen LogP contribution >= 0.6 is 0 Å². The van der Waals surface area contributed by atoms with Crippen LogP contribution in [0.4, 0.5) is 0 Å². The summed E-state index contributed by atoms with van der Waals surface area (Å²) in [7, 11) is 2.23. The van der Waals surface area contributed by atoms with Crippen molar-refractivity contribution >= 4 is 0 Å². The summed E-state index contributed by atoms with van der Waals surface area (Å²) in [6.45, 7) is 14.0. The number of aromatic amines is 2. The molecule has 0 aliphatic heterocycles. The number of aromatic nitrogens is 4. The zero-order valence-electron chi connectivity index (χ0n) is 22.2. The van der Waals surface area contributed by atoms with Gasteiger partial charge in [-0.2, -0.15) is 0 Å². The summed E-state index contributed by atoms with van der Waals surface area (Å²) in [6, 6.07) is 9.45. The highest BCUT2D eigenvalue weighted by atomic mass is 15.2. The highest BCUT2D eigenvalue weighted by Crippen LogP contribution is 2.19. The third-order valence-corrected chi connectivity index (χ3v) is 6.57. The summed E-state index contributed by atoms with van der Waals surface area (Å²) in [6.07, 6.45) is 12.2. The molecule has 0 fully saturated rings. The number of rotatable bonds is 17. The molecule has 0 spiro atoms. The van der Waals surface area contributed by atoms with Gasteiger partial charge in [-0.25, -0.2) is 9.97 Å². The summed E-state index contributed by atoms with van der Waals surface area (Å²) in [4.78, 5) is 22.8. The van der Waals surface area contributed by atoms with Crippen LogP contribution in [0.3, 0.4) is 0 Å². The predicted octanol–water partition coefficient (Wildman–Crippen LogP) is 5.23. The lowest BCUT2D eigenvalue weighted by Crippen LogP contribution is -2.29. The van der Waals surface area contributed by atoms with Gasteiger partial charge in [0.05, 0.1) is 12.6 Å². The molecule has 192 valence electrons. The largest absolute Gasteiger partial charge is 0.348 e. The Morgan fingerprint density at radius 2 is 1.40 bits per heavy atom. The molecule has 0 aliphatic rings. The summed E-state index contributed by atoms with van der Waals surface area (Å²) < 4.78 is 0. The molecule has 2 heterocycles. The van der Waals surface area contributed by atoms with Crippen LogP contribution in [0.25, 0.3) is 0 Å². The number of unbranched alkanes of at least 4 members (excludes halogenated alkanes) is 1. The second-order valence-corrected chi connectivity index (χ2v) is 9.69. The Morgan fingerprint density at radius 1 is 0.771 bits per heavy atom. The Hall–Kier alpha value is -2.48. The molecule has 1 atom stereocenters. The van der Waals surface area contributed by atoms with E-state index in [0.717, 1.165) is 57.2 Å². The molecule has 2 aromatic heterocycles. The Labute approximate surface area is 212 Å². The van der Waals surface area contributed by atoms with Gasteiger partial charge in [0, 0.05) is 37.9 Å². The van der Waals surface area contributed by atoms with E-state index in [2.05, 4.69) is 86.7 Å². The quantitative estimate of drug-likeness (QED) is 0.260. The molecule has 2 N–H and O–H groups in total. The van der Waals surface area contributed by atoms with Gasteiger partial charge in [0.25, 0.3) is 0 Å². The number of nitrogens with one attached hydrogen (secondary N) is 2. The van der Waals surface area contributed by atoms with E-state index in [1.165, 1.54) is 37.1 Å². The molecule has 3 rings (SSSR count). The Bertz CT molecular complexity index is 899. The van der Waals surface area contributed by atoms with Crippen LogP contribution in [0.15, 0.2) is 49.1 Å². The monoisotopic (exact) mass is 479 g/mol. The molecule has 0 aliphatic carbocycles. The maximum Gasteiger partial charge on any atom is 0.123 e. The molecule has 0 saturated heterocycles. The first-order chi connectivity index (χ1) is 17.1. The molecular weight excluding hydrogens is 434 g/mol. The van der Waals surface area contributed by atoms with Gasteiger partial charge in [-0.15, -0.1) is 0 Å². The first-order valence-corrected chi connectivity index (χ1v) is 13.3. The molecule has 1 aromatic carbocycles. The Kier molecular flexibility index (Phi) is 11.5. The van der Waals surface area contributed by atoms with Crippen LogP contribution < -0.4 is 0 Å². The van der Waals surface area contributed by atoms with Crippen molar-refractivity contribution in [3.05, 3.63) is 71.8 Å². The van der Waals surface area contributed by atoms with Crippen LogP contribution in [0.1, 0.15) is 75.3 Å². The smallest absolute Gasteiger partial charge is 0.123 e. The Balaban J connectivity index is 1.42. The maximum absolute atomic E-state index is 4.47. The number of hydrogen-bond acceptors (Lipinski definition) is 5. The first-order valence-electron chi connectivity index (χ1n) is 13.3. The highest BCUT2D eigenvalue weighted by Gasteiger charge is 2.18. The van der Waals surface area contributed by atoms with Crippen LogP contribution in [0, 0.1) is 0 Å². The fourth-order valence-electron chi connectivity index (χ4n) is 4.66. The van der Waals surface area contributed by atoms with Crippen molar-refractivity contribution in [2.75, 3.05) is 33.2 Å². The second-order valence-electron chi connectivity index (χ2n) is 9.69. The number of H-pyrrole nitrogens is 2. The number of benzene rings is 1. The Morgan fingerprint density at radius 3 is 2.00 bits per heavy atom. The number of imidazole rings is 2. The SMILES string of the molecule is CCCN(CCC)Cc1ccc(CN(C)CCCCN(Cc2ncc[nH]2)C(C)c2ncc[nH]2)cc1. The predicted molar refractivity (Wildman–Crippen MR) is 144 cm³/mol. The fourth-order valence-corrected chi connectivity index (χ4v) is 4.66. The van der Waals surface area contributed by atoms with Crippen molar-refractivity contribution in [2.45, 2.75) is 72.1 Å². The van der Waals surface area contributed by atoms with Gasteiger partial charge in [-0.3, -0.25) is 9.80 Å². The lowest BCUT2D eigenvalue weighted by atomic mass is 10.1. The first kappa shape index (κ1) is 27.1. The number of hydrogen-bond donors (Lipinski definition) is 2. The van der Waals surface area contributed by atoms with Gasteiger partial charge in [0.2, 0.25) is 0 Å². The molecule has 0 bridgehead atoms. The van der Waals surface area contributed by atoms with Gasteiger partial charge < -0.3 is 14.9 Å². The molecule has 0 saturated carbocycles. The average Bonchev–Trinajstić information content (AvgIpc) is 3.57. The zero-order valence-corrected chi connectivity index (χ0v) is 22.2. The maximum atomic E-state index is 4.47. The van der Waals surface area contributed by atoms with Gasteiger partial charge in [0.15, 0.2) is 0 Å². The van der Waals surface area contributed by atoms with E-state index >= 15 is 0 Å². The van der Waals surface area contributed by atoms with E-state index in [0.29, 0.717) is 0 Å². The van der Waals surface area contributed by atoms with Crippen LogP contribution in [0.2, 0.25) is 0 Å². The minimum atomic E-state index is 0.219. The minimum absolute atomic E-state index is 0.219. The van der Waals surface area contributed by atoms with Crippen molar-refractivity contribution in [3.63, 3.8) is 0 Å². The lowest BCUT2D eigenvalue weighted by Gasteiger charge is -2.27.